The van der Waals surface area contributed by atoms with Gasteiger partial charge in [-0.05, 0) is 39.8 Å². The number of para-hydroxylation sites is 2. The van der Waals surface area contributed by atoms with Crippen LogP contribution in [0.4, 0.5) is 11.4 Å². The summed E-state index contributed by atoms with van der Waals surface area (Å²) in [5.41, 5.74) is 7.39. The van der Waals surface area contributed by atoms with Crippen LogP contribution in [-0.4, -0.2) is 36.7 Å². The molecule has 1 aromatic rings. The van der Waals surface area contributed by atoms with Gasteiger partial charge in [-0.3, -0.25) is 0 Å². The SMILES string of the molecule is CC1CN(OC(=O)C(C)(C)C)CCN1c1ccccc1N. The fourth-order valence-corrected chi connectivity index (χ4v) is 2.37. The Balaban J connectivity index is 2.00. The topological polar surface area (TPSA) is 58.8 Å². The molecule has 1 saturated heterocycles. The van der Waals surface area contributed by atoms with Crippen LogP contribution < -0.4 is 10.6 Å². The van der Waals surface area contributed by atoms with Gasteiger partial charge in [0.25, 0.3) is 0 Å². The van der Waals surface area contributed by atoms with Crippen LogP contribution >= 0.6 is 0 Å². The van der Waals surface area contributed by atoms with Gasteiger partial charge >= 0.3 is 5.97 Å². The largest absolute Gasteiger partial charge is 0.397 e. The summed E-state index contributed by atoms with van der Waals surface area (Å²) in [4.78, 5) is 19.7. The van der Waals surface area contributed by atoms with E-state index >= 15 is 0 Å². The van der Waals surface area contributed by atoms with Gasteiger partial charge in [-0.1, -0.05) is 12.1 Å². The molecule has 0 radical (unpaired) electrons. The average Bonchev–Trinajstić information content (AvgIpc) is 2.39. The number of anilines is 2. The van der Waals surface area contributed by atoms with Gasteiger partial charge < -0.3 is 15.5 Å². The fourth-order valence-electron chi connectivity index (χ4n) is 2.37. The summed E-state index contributed by atoms with van der Waals surface area (Å²) in [7, 11) is 0. The van der Waals surface area contributed by atoms with Crippen LogP contribution in [0, 0.1) is 5.41 Å². The standard InChI is InChI=1S/C16H25N3O2/c1-12-11-18(21-15(20)16(2,3)4)9-10-19(12)14-8-6-5-7-13(14)17/h5-8,12H,9-11,17H2,1-4H3. The Kier molecular flexibility index (Phi) is 4.42. The summed E-state index contributed by atoms with van der Waals surface area (Å²) in [6, 6.07) is 8.10. The van der Waals surface area contributed by atoms with E-state index in [9.17, 15) is 4.79 Å². The fraction of sp³-hybridized carbons (Fsp3) is 0.562. The molecule has 0 bridgehead atoms. The number of nitrogens with two attached hydrogens (primary N) is 1. The zero-order valence-electron chi connectivity index (χ0n) is 13.3. The van der Waals surface area contributed by atoms with Crippen molar-refractivity contribution in [3.63, 3.8) is 0 Å². The molecule has 5 heteroatoms. The molecule has 0 aliphatic carbocycles. The van der Waals surface area contributed by atoms with Crippen LogP contribution in [0.5, 0.6) is 0 Å². The number of rotatable bonds is 2. The van der Waals surface area contributed by atoms with E-state index in [4.69, 9.17) is 10.6 Å². The van der Waals surface area contributed by atoms with Gasteiger partial charge in [-0.2, -0.15) is 0 Å². The maximum atomic E-state index is 11.9. The van der Waals surface area contributed by atoms with Crippen LogP contribution in [0.25, 0.3) is 0 Å². The molecule has 1 fully saturated rings. The number of hydroxylamine groups is 2. The Hall–Kier alpha value is -1.75. The van der Waals surface area contributed by atoms with Crippen molar-refractivity contribution in [2.24, 2.45) is 5.41 Å². The normalized spacial score (nSPS) is 20.4. The van der Waals surface area contributed by atoms with Crippen molar-refractivity contribution in [1.82, 2.24) is 5.06 Å². The lowest BCUT2D eigenvalue weighted by molar-refractivity contribution is -0.203. The van der Waals surface area contributed by atoms with Crippen LogP contribution in [0.15, 0.2) is 24.3 Å². The first-order valence-corrected chi connectivity index (χ1v) is 7.37. The lowest BCUT2D eigenvalue weighted by atomic mass is 9.98. The van der Waals surface area contributed by atoms with E-state index in [0.717, 1.165) is 17.9 Å². The summed E-state index contributed by atoms with van der Waals surface area (Å²) >= 11 is 0. The van der Waals surface area contributed by atoms with E-state index < -0.39 is 5.41 Å². The summed E-state index contributed by atoms with van der Waals surface area (Å²) < 4.78 is 0. The highest BCUT2D eigenvalue weighted by Gasteiger charge is 2.30. The van der Waals surface area contributed by atoms with E-state index in [1.54, 1.807) is 5.06 Å². The first-order valence-electron chi connectivity index (χ1n) is 7.37. The maximum absolute atomic E-state index is 11.9. The Morgan fingerprint density at radius 1 is 1.29 bits per heavy atom. The van der Waals surface area contributed by atoms with Crippen LogP contribution in [-0.2, 0) is 9.63 Å². The highest BCUT2D eigenvalue weighted by atomic mass is 16.7. The Bertz CT molecular complexity index is 510. The number of benzene rings is 1. The molecule has 1 aromatic carbocycles. The van der Waals surface area contributed by atoms with Gasteiger partial charge in [0.15, 0.2) is 0 Å². The molecule has 1 aliphatic heterocycles. The monoisotopic (exact) mass is 291 g/mol. The van der Waals surface area contributed by atoms with Gasteiger partial charge in [-0.15, -0.1) is 5.06 Å². The zero-order chi connectivity index (χ0) is 15.6. The van der Waals surface area contributed by atoms with Crippen molar-refractivity contribution in [1.29, 1.82) is 0 Å². The predicted octanol–water partition coefficient (Wildman–Crippen LogP) is 2.28. The van der Waals surface area contributed by atoms with E-state index in [-0.39, 0.29) is 12.0 Å². The van der Waals surface area contributed by atoms with Crippen molar-refractivity contribution in [2.75, 3.05) is 30.3 Å². The van der Waals surface area contributed by atoms with Crippen molar-refractivity contribution in [2.45, 2.75) is 33.7 Å². The Morgan fingerprint density at radius 3 is 2.52 bits per heavy atom. The molecule has 0 saturated carbocycles. The lowest BCUT2D eigenvalue weighted by Crippen LogP contribution is -2.53. The number of nitrogen functional groups attached to an aromatic ring is 1. The van der Waals surface area contributed by atoms with Crippen molar-refractivity contribution >= 4 is 17.3 Å². The first kappa shape index (κ1) is 15.6. The van der Waals surface area contributed by atoms with Gasteiger partial charge in [0.1, 0.15) is 0 Å². The predicted molar refractivity (Wildman–Crippen MR) is 84.8 cm³/mol. The number of nitrogens with zero attached hydrogens (tertiary/aromatic N) is 2. The second-order valence-corrected chi connectivity index (χ2v) is 6.62. The second kappa shape index (κ2) is 5.93. The minimum absolute atomic E-state index is 0.192. The van der Waals surface area contributed by atoms with E-state index in [1.165, 1.54) is 0 Å². The quantitative estimate of drug-likeness (QED) is 0.847. The maximum Gasteiger partial charge on any atom is 0.330 e. The number of hydrogen-bond acceptors (Lipinski definition) is 5. The average molecular weight is 291 g/mol. The minimum Gasteiger partial charge on any atom is -0.397 e. The molecule has 1 aliphatic rings. The molecule has 1 heterocycles. The van der Waals surface area contributed by atoms with Gasteiger partial charge in [0.05, 0.1) is 29.9 Å². The summed E-state index contributed by atoms with van der Waals surface area (Å²) in [5.74, 6) is -0.192. The molecule has 0 aromatic heterocycles. The molecule has 2 rings (SSSR count). The van der Waals surface area contributed by atoms with Gasteiger partial charge in [-0.25, -0.2) is 4.79 Å². The third-order valence-corrected chi connectivity index (χ3v) is 3.66. The third-order valence-electron chi connectivity index (χ3n) is 3.66. The van der Waals surface area contributed by atoms with E-state index in [0.29, 0.717) is 13.1 Å². The summed E-state index contributed by atoms with van der Waals surface area (Å²) in [5, 5.41) is 1.76. The molecule has 2 N–H and O–H groups in total. The zero-order valence-corrected chi connectivity index (χ0v) is 13.3. The van der Waals surface area contributed by atoms with Crippen LogP contribution in [0.2, 0.25) is 0 Å². The van der Waals surface area contributed by atoms with Crippen molar-refractivity contribution in [3.05, 3.63) is 24.3 Å². The highest BCUT2D eigenvalue weighted by Crippen LogP contribution is 2.27. The molecule has 5 nitrogen and oxygen atoms in total. The highest BCUT2D eigenvalue weighted by molar-refractivity contribution is 5.75. The molecule has 116 valence electrons. The molecule has 0 amide bonds. The van der Waals surface area contributed by atoms with Crippen LogP contribution in [0.3, 0.4) is 0 Å². The number of carbonyl (C=O) groups excluding carboxylic acids is 1. The molecular weight excluding hydrogens is 266 g/mol. The molecule has 1 atom stereocenters. The Morgan fingerprint density at radius 2 is 1.95 bits per heavy atom. The van der Waals surface area contributed by atoms with Gasteiger partial charge in [0, 0.05) is 12.6 Å². The number of hydrogen-bond donors (Lipinski definition) is 1. The van der Waals surface area contributed by atoms with Crippen molar-refractivity contribution in [3.8, 4) is 0 Å². The minimum atomic E-state index is -0.482. The van der Waals surface area contributed by atoms with E-state index in [1.807, 2.05) is 45.0 Å². The lowest BCUT2D eigenvalue weighted by Gasteiger charge is -2.41. The third kappa shape index (κ3) is 3.67. The van der Waals surface area contributed by atoms with Crippen LogP contribution in [0.1, 0.15) is 27.7 Å². The first-order chi connectivity index (χ1) is 9.79. The Labute approximate surface area is 126 Å². The van der Waals surface area contributed by atoms with E-state index in [2.05, 4.69) is 11.8 Å². The molecule has 0 spiro atoms. The van der Waals surface area contributed by atoms with Crippen molar-refractivity contribution < 1.29 is 9.63 Å². The summed E-state index contributed by atoms with van der Waals surface area (Å²) in [6.45, 7) is 9.84. The molecule has 21 heavy (non-hydrogen) atoms. The van der Waals surface area contributed by atoms with Gasteiger partial charge in [0.2, 0.25) is 0 Å². The molecular formula is C16H25N3O2. The smallest absolute Gasteiger partial charge is 0.330 e. The summed E-state index contributed by atoms with van der Waals surface area (Å²) in [6.07, 6.45) is 0. The molecule has 1 unspecified atom stereocenters. The number of carbonyl (C=O) groups is 1. The number of piperazine rings is 1. The second-order valence-electron chi connectivity index (χ2n) is 6.62.